The predicted octanol–water partition coefficient (Wildman–Crippen LogP) is 3.10. The fourth-order valence-electron chi connectivity index (χ4n) is 3.27. The van der Waals surface area contributed by atoms with Gasteiger partial charge in [0.1, 0.15) is 6.61 Å². The van der Waals surface area contributed by atoms with Crippen LogP contribution in [-0.4, -0.2) is 12.6 Å². The van der Waals surface area contributed by atoms with Gasteiger partial charge in [-0.2, -0.15) is 0 Å². The highest BCUT2D eigenvalue weighted by molar-refractivity contribution is 5.69. The van der Waals surface area contributed by atoms with Crippen molar-refractivity contribution in [3.8, 4) is 0 Å². The van der Waals surface area contributed by atoms with Gasteiger partial charge in [0.2, 0.25) is 0 Å². The van der Waals surface area contributed by atoms with Crippen molar-refractivity contribution in [2.75, 3.05) is 6.54 Å². The number of rotatable bonds is 4. The maximum absolute atomic E-state index is 12.3. The molecule has 1 amide bonds. The number of benzene rings is 2. The van der Waals surface area contributed by atoms with Gasteiger partial charge in [0.15, 0.2) is 0 Å². The van der Waals surface area contributed by atoms with Gasteiger partial charge in [0.05, 0.1) is 5.54 Å². The van der Waals surface area contributed by atoms with E-state index in [-0.39, 0.29) is 6.61 Å². The Labute approximate surface area is 136 Å². The summed E-state index contributed by atoms with van der Waals surface area (Å²) >= 11 is 0. The van der Waals surface area contributed by atoms with Crippen LogP contribution in [0.3, 0.4) is 0 Å². The molecule has 0 spiro atoms. The minimum absolute atomic E-state index is 0.259. The van der Waals surface area contributed by atoms with E-state index in [2.05, 4.69) is 17.4 Å². The molecule has 2 aromatic carbocycles. The monoisotopic (exact) mass is 310 g/mol. The summed E-state index contributed by atoms with van der Waals surface area (Å²) in [5, 5.41) is 3.02. The summed E-state index contributed by atoms with van der Waals surface area (Å²) in [6.45, 7) is 0.624. The number of amides is 1. The highest BCUT2D eigenvalue weighted by Gasteiger charge is 2.37. The van der Waals surface area contributed by atoms with Crippen molar-refractivity contribution in [2.45, 2.75) is 31.4 Å². The second kappa shape index (κ2) is 6.84. The van der Waals surface area contributed by atoms with Crippen LogP contribution in [0.1, 0.15) is 29.5 Å². The molecule has 0 unspecified atom stereocenters. The van der Waals surface area contributed by atoms with Gasteiger partial charge in [-0.3, -0.25) is 0 Å². The largest absolute Gasteiger partial charge is 0.445 e. The van der Waals surface area contributed by atoms with Crippen molar-refractivity contribution in [2.24, 2.45) is 5.73 Å². The first-order chi connectivity index (χ1) is 11.2. The van der Waals surface area contributed by atoms with Gasteiger partial charge in [0, 0.05) is 6.54 Å². The molecule has 0 heterocycles. The lowest BCUT2D eigenvalue weighted by molar-refractivity contribution is 0.123. The van der Waals surface area contributed by atoms with E-state index in [4.69, 9.17) is 10.5 Å². The summed E-state index contributed by atoms with van der Waals surface area (Å²) in [5.74, 6) is 0. The van der Waals surface area contributed by atoms with Gasteiger partial charge in [-0.1, -0.05) is 54.6 Å². The van der Waals surface area contributed by atoms with E-state index >= 15 is 0 Å². The van der Waals surface area contributed by atoms with Crippen molar-refractivity contribution >= 4 is 6.09 Å². The Balaban J connectivity index is 1.71. The molecule has 120 valence electrons. The molecule has 0 aliphatic heterocycles. The maximum atomic E-state index is 12.3. The molecule has 0 radical (unpaired) electrons. The summed E-state index contributed by atoms with van der Waals surface area (Å²) in [4.78, 5) is 12.3. The van der Waals surface area contributed by atoms with Gasteiger partial charge in [-0.25, -0.2) is 4.79 Å². The molecular formula is C19H22N2O2. The maximum Gasteiger partial charge on any atom is 0.408 e. The van der Waals surface area contributed by atoms with Crippen LogP contribution in [0.2, 0.25) is 0 Å². The first-order valence-corrected chi connectivity index (χ1v) is 8.01. The molecule has 1 aliphatic rings. The average molecular weight is 310 g/mol. The molecule has 4 nitrogen and oxygen atoms in total. The fourth-order valence-corrected chi connectivity index (χ4v) is 3.27. The summed E-state index contributed by atoms with van der Waals surface area (Å²) < 4.78 is 5.37. The number of carbonyl (C=O) groups excluding carboxylic acids is 1. The first kappa shape index (κ1) is 15.6. The summed E-state index contributed by atoms with van der Waals surface area (Å²) in [6, 6.07) is 17.8. The third-order valence-electron chi connectivity index (χ3n) is 4.49. The Morgan fingerprint density at radius 3 is 2.65 bits per heavy atom. The van der Waals surface area contributed by atoms with Crippen molar-refractivity contribution in [1.82, 2.24) is 5.32 Å². The predicted molar refractivity (Wildman–Crippen MR) is 89.9 cm³/mol. The Morgan fingerprint density at radius 1 is 1.13 bits per heavy atom. The highest BCUT2D eigenvalue weighted by Crippen LogP contribution is 2.34. The zero-order valence-electron chi connectivity index (χ0n) is 13.1. The molecule has 23 heavy (non-hydrogen) atoms. The molecule has 0 saturated heterocycles. The number of carbonyl (C=O) groups is 1. The standard InChI is InChI=1S/C19H22N2O2/c20-14-19(12-6-10-16-9-4-5-11-17(16)19)21-18(22)23-13-15-7-2-1-3-8-15/h1-5,7-9,11H,6,10,12-14,20H2,(H,21,22)/t19-/m0/s1. The van der Waals surface area contributed by atoms with E-state index in [0.29, 0.717) is 6.54 Å². The summed E-state index contributed by atoms with van der Waals surface area (Å²) in [7, 11) is 0. The van der Waals surface area contributed by atoms with Gasteiger partial charge in [-0.15, -0.1) is 0 Å². The van der Waals surface area contributed by atoms with Crippen LogP contribution in [0.15, 0.2) is 54.6 Å². The van der Waals surface area contributed by atoms with Crippen molar-refractivity contribution < 1.29 is 9.53 Å². The Kier molecular flexibility index (Phi) is 4.63. The minimum Gasteiger partial charge on any atom is -0.445 e. The number of fused-ring (bicyclic) bond motifs is 1. The smallest absolute Gasteiger partial charge is 0.408 e. The minimum atomic E-state index is -0.525. The lowest BCUT2D eigenvalue weighted by Crippen LogP contribution is -2.53. The SMILES string of the molecule is NC[C@@]1(NC(=O)OCc2ccccc2)CCCc2ccccc21. The Morgan fingerprint density at radius 2 is 1.87 bits per heavy atom. The van der Waals surface area contributed by atoms with Gasteiger partial charge in [0.25, 0.3) is 0 Å². The number of hydrogen-bond donors (Lipinski definition) is 2. The second-order valence-corrected chi connectivity index (χ2v) is 5.98. The van der Waals surface area contributed by atoms with Crippen molar-refractivity contribution in [1.29, 1.82) is 0 Å². The lowest BCUT2D eigenvalue weighted by Gasteiger charge is -2.38. The van der Waals surface area contributed by atoms with Crippen LogP contribution in [0.25, 0.3) is 0 Å². The number of alkyl carbamates (subject to hydrolysis) is 1. The Hall–Kier alpha value is -2.33. The molecule has 3 N–H and O–H groups in total. The zero-order valence-corrected chi connectivity index (χ0v) is 13.1. The van der Waals surface area contributed by atoms with Crippen molar-refractivity contribution in [3.05, 3.63) is 71.3 Å². The van der Waals surface area contributed by atoms with Crippen LogP contribution in [-0.2, 0) is 23.3 Å². The topological polar surface area (TPSA) is 64.3 Å². The van der Waals surface area contributed by atoms with Crippen LogP contribution < -0.4 is 11.1 Å². The molecule has 0 fully saturated rings. The average Bonchev–Trinajstić information content (AvgIpc) is 2.61. The van der Waals surface area contributed by atoms with Crippen LogP contribution in [0, 0.1) is 0 Å². The zero-order chi connectivity index (χ0) is 16.1. The third-order valence-corrected chi connectivity index (χ3v) is 4.49. The number of aryl methyl sites for hydroxylation is 1. The summed E-state index contributed by atoms with van der Waals surface area (Å²) in [6.07, 6.45) is 2.45. The molecular weight excluding hydrogens is 288 g/mol. The van der Waals surface area contributed by atoms with E-state index in [0.717, 1.165) is 30.4 Å². The molecule has 0 bridgehead atoms. The number of ether oxygens (including phenoxy) is 1. The molecule has 1 aliphatic carbocycles. The van der Waals surface area contributed by atoms with E-state index in [1.807, 2.05) is 42.5 Å². The van der Waals surface area contributed by atoms with Crippen LogP contribution in [0.4, 0.5) is 4.79 Å². The number of hydrogen-bond acceptors (Lipinski definition) is 3. The van der Waals surface area contributed by atoms with E-state index < -0.39 is 11.6 Å². The molecule has 3 rings (SSSR count). The first-order valence-electron chi connectivity index (χ1n) is 8.01. The second-order valence-electron chi connectivity index (χ2n) is 5.98. The Bertz CT molecular complexity index is 672. The highest BCUT2D eigenvalue weighted by atomic mass is 16.5. The summed E-state index contributed by atoms with van der Waals surface area (Å²) in [5.41, 5.74) is 8.85. The van der Waals surface area contributed by atoms with E-state index in [9.17, 15) is 4.79 Å². The molecule has 2 aromatic rings. The molecule has 1 atom stereocenters. The quantitative estimate of drug-likeness (QED) is 0.912. The van der Waals surface area contributed by atoms with Gasteiger partial charge < -0.3 is 15.8 Å². The molecule has 0 aromatic heterocycles. The lowest BCUT2D eigenvalue weighted by atomic mass is 9.76. The van der Waals surface area contributed by atoms with Crippen LogP contribution in [0.5, 0.6) is 0 Å². The van der Waals surface area contributed by atoms with E-state index in [1.54, 1.807) is 0 Å². The fraction of sp³-hybridized carbons (Fsp3) is 0.316. The number of nitrogens with two attached hydrogens (primary N) is 1. The molecule has 0 saturated carbocycles. The third kappa shape index (κ3) is 3.37. The normalized spacial score (nSPS) is 19.7. The van der Waals surface area contributed by atoms with Gasteiger partial charge in [-0.05, 0) is 36.0 Å². The molecule has 4 heteroatoms. The number of nitrogens with one attached hydrogen (secondary N) is 1. The van der Waals surface area contributed by atoms with E-state index in [1.165, 1.54) is 5.56 Å². The van der Waals surface area contributed by atoms with Crippen molar-refractivity contribution in [3.63, 3.8) is 0 Å². The van der Waals surface area contributed by atoms with Crippen LogP contribution >= 0.6 is 0 Å². The van der Waals surface area contributed by atoms with Gasteiger partial charge >= 0.3 is 6.09 Å².